The van der Waals surface area contributed by atoms with Crippen LogP contribution in [0.2, 0.25) is 0 Å². The molecule has 0 bridgehead atoms. The molecule has 0 aliphatic heterocycles. The minimum absolute atomic E-state index is 0.245. The molecule has 0 amide bonds. The van der Waals surface area contributed by atoms with Gasteiger partial charge in [-0.05, 0) is 35.7 Å². The summed E-state index contributed by atoms with van der Waals surface area (Å²) in [7, 11) is 0. The first-order chi connectivity index (χ1) is 8.09. The highest BCUT2D eigenvalue weighted by molar-refractivity contribution is 9.10. The van der Waals surface area contributed by atoms with Gasteiger partial charge in [-0.3, -0.25) is 0 Å². The van der Waals surface area contributed by atoms with E-state index in [2.05, 4.69) is 15.9 Å². The molecule has 0 radical (unpaired) electrons. The molecule has 0 heterocycles. The van der Waals surface area contributed by atoms with E-state index in [1.165, 1.54) is 12.1 Å². The van der Waals surface area contributed by atoms with Gasteiger partial charge in [-0.2, -0.15) is 0 Å². The van der Waals surface area contributed by atoms with Crippen molar-refractivity contribution in [3.8, 4) is 0 Å². The first kappa shape index (κ1) is 12.3. The lowest BCUT2D eigenvalue weighted by molar-refractivity contribution is 0.626. The zero-order valence-corrected chi connectivity index (χ0v) is 11.0. The van der Waals surface area contributed by atoms with Crippen molar-refractivity contribution >= 4 is 15.9 Å². The lowest BCUT2D eigenvalue weighted by Gasteiger charge is -2.15. The predicted molar refractivity (Wildman–Crippen MR) is 71.3 cm³/mol. The third kappa shape index (κ3) is 2.56. The van der Waals surface area contributed by atoms with Gasteiger partial charge in [-0.25, -0.2) is 4.39 Å². The summed E-state index contributed by atoms with van der Waals surface area (Å²) in [6, 6.07) is 12.0. The minimum Gasteiger partial charge on any atom is -0.320 e. The Bertz CT molecular complexity index is 522. The fourth-order valence-electron chi connectivity index (χ4n) is 1.76. The Labute approximate surface area is 109 Å². The van der Waals surface area contributed by atoms with Gasteiger partial charge in [-0.1, -0.05) is 46.3 Å². The van der Waals surface area contributed by atoms with E-state index in [0.29, 0.717) is 0 Å². The number of hydrogen-bond donors (Lipinski definition) is 1. The van der Waals surface area contributed by atoms with E-state index in [4.69, 9.17) is 5.73 Å². The quantitative estimate of drug-likeness (QED) is 0.892. The number of rotatable bonds is 2. The zero-order chi connectivity index (χ0) is 12.4. The van der Waals surface area contributed by atoms with Gasteiger partial charge in [0, 0.05) is 4.47 Å². The fraction of sp³-hybridized carbons (Fsp3) is 0.143. The molecule has 88 valence electrons. The van der Waals surface area contributed by atoms with E-state index < -0.39 is 0 Å². The van der Waals surface area contributed by atoms with Crippen LogP contribution < -0.4 is 5.73 Å². The molecule has 2 aromatic rings. The average Bonchev–Trinajstić information content (AvgIpc) is 2.33. The van der Waals surface area contributed by atoms with Crippen molar-refractivity contribution in [3.63, 3.8) is 0 Å². The first-order valence-electron chi connectivity index (χ1n) is 5.35. The van der Waals surface area contributed by atoms with Crippen molar-refractivity contribution in [2.45, 2.75) is 13.0 Å². The molecule has 2 N–H and O–H groups in total. The van der Waals surface area contributed by atoms with E-state index in [1.54, 1.807) is 12.1 Å². The summed E-state index contributed by atoms with van der Waals surface area (Å²) < 4.78 is 13.9. The molecule has 2 rings (SSSR count). The van der Waals surface area contributed by atoms with Crippen LogP contribution in [0.5, 0.6) is 0 Å². The Balaban J connectivity index is 2.40. The second kappa shape index (κ2) is 4.98. The number of halogens is 2. The standard InChI is InChI=1S/C14H13BrFN/c1-9-3-2-4-12(13(9)15)14(17)10-5-7-11(16)8-6-10/h2-8,14H,17H2,1H3. The molecule has 0 aromatic heterocycles. The van der Waals surface area contributed by atoms with Crippen LogP contribution in [0.1, 0.15) is 22.7 Å². The molecule has 1 nitrogen and oxygen atoms in total. The summed E-state index contributed by atoms with van der Waals surface area (Å²) in [5, 5.41) is 0. The van der Waals surface area contributed by atoms with E-state index >= 15 is 0 Å². The van der Waals surface area contributed by atoms with Gasteiger partial charge >= 0.3 is 0 Å². The first-order valence-corrected chi connectivity index (χ1v) is 6.15. The lowest BCUT2D eigenvalue weighted by atomic mass is 9.98. The van der Waals surface area contributed by atoms with Gasteiger partial charge in [0.2, 0.25) is 0 Å². The molecular weight excluding hydrogens is 281 g/mol. The van der Waals surface area contributed by atoms with E-state index in [0.717, 1.165) is 21.2 Å². The third-order valence-electron chi connectivity index (χ3n) is 2.79. The molecule has 0 spiro atoms. The van der Waals surface area contributed by atoms with Crippen LogP contribution in [0.3, 0.4) is 0 Å². The predicted octanol–water partition coefficient (Wildman–Crippen LogP) is 3.94. The monoisotopic (exact) mass is 293 g/mol. The molecule has 0 fully saturated rings. The Morgan fingerprint density at radius 3 is 2.41 bits per heavy atom. The summed E-state index contributed by atoms with van der Waals surface area (Å²) >= 11 is 3.54. The maximum absolute atomic E-state index is 12.8. The van der Waals surface area contributed by atoms with E-state index in [9.17, 15) is 4.39 Å². The molecule has 2 aromatic carbocycles. The largest absolute Gasteiger partial charge is 0.320 e. The van der Waals surface area contributed by atoms with Crippen LogP contribution in [0.25, 0.3) is 0 Å². The second-order valence-electron chi connectivity index (χ2n) is 4.01. The molecule has 0 saturated heterocycles. The molecule has 3 heteroatoms. The van der Waals surface area contributed by atoms with Gasteiger partial charge in [0.05, 0.1) is 6.04 Å². The number of hydrogen-bond acceptors (Lipinski definition) is 1. The van der Waals surface area contributed by atoms with Crippen molar-refractivity contribution in [2.24, 2.45) is 5.73 Å². The average molecular weight is 294 g/mol. The van der Waals surface area contributed by atoms with E-state index in [-0.39, 0.29) is 11.9 Å². The van der Waals surface area contributed by atoms with Crippen LogP contribution in [-0.4, -0.2) is 0 Å². The van der Waals surface area contributed by atoms with Crippen LogP contribution >= 0.6 is 15.9 Å². The molecule has 0 aliphatic rings. The van der Waals surface area contributed by atoms with Crippen molar-refractivity contribution in [3.05, 3.63) is 69.4 Å². The zero-order valence-electron chi connectivity index (χ0n) is 9.45. The molecule has 1 atom stereocenters. The fourth-order valence-corrected chi connectivity index (χ4v) is 2.27. The molecule has 17 heavy (non-hydrogen) atoms. The highest BCUT2D eigenvalue weighted by Crippen LogP contribution is 2.29. The molecule has 0 aliphatic carbocycles. The van der Waals surface area contributed by atoms with Crippen LogP contribution in [0.15, 0.2) is 46.9 Å². The van der Waals surface area contributed by atoms with Crippen molar-refractivity contribution in [1.82, 2.24) is 0 Å². The summed E-state index contributed by atoms with van der Waals surface area (Å²) in [6.45, 7) is 2.02. The summed E-state index contributed by atoms with van der Waals surface area (Å²) in [6.07, 6.45) is 0. The van der Waals surface area contributed by atoms with Gasteiger partial charge in [0.25, 0.3) is 0 Å². The topological polar surface area (TPSA) is 26.0 Å². The number of benzene rings is 2. The van der Waals surface area contributed by atoms with Gasteiger partial charge in [0.1, 0.15) is 5.82 Å². The Kier molecular flexibility index (Phi) is 3.60. The Morgan fingerprint density at radius 2 is 1.76 bits per heavy atom. The highest BCUT2D eigenvalue weighted by atomic mass is 79.9. The maximum Gasteiger partial charge on any atom is 0.123 e. The smallest absolute Gasteiger partial charge is 0.123 e. The SMILES string of the molecule is Cc1cccc(C(N)c2ccc(F)cc2)c1Br. The molecular formula is C14H13BrFN. The summed E-state index contributed by atoms with van der Waals surface area (Å²) in [4.78, 5) is 0. The lowest BCUT2D eigenvalue weighted by Crippen LogP contribution is -2.12. The van der Waals surface area contributed by atoms with Crippen molar-refractivity contribution < 1.29 is 4.39 Å². The maximum atomic E-state index is 12.8. The number of aryl methyl sites for hydroxylation is 1. The Morgan fingerprint density at radius 1 is 1.12 bits per heavy atom. The normalized spacial score (nSPS) is 12.5. The van der Waals surface area contributed by atoms with Crippen LogP contribution in [0.4, 0.5) is 4.39 Å². The summed E-state index contributed by atoms with van der Waals surface area (Å²) in [5.41, 5.74) is 9.23. The van der Waals surface area contributed by atoms with Crippen molar-refractivity contribution in [2.75, 3.05) is 0 Å². The van der Waals surface area contributed by atoms with Crippen LogP contribution in [0, 0.1) is 12.7 Å². The van der Waals surface area contributed by atoms with Crippen LogP contribution in [-0.2, 0) is 0 Å². The highest BCUT2D eigenvalue weighted by Gasteiger charge is 2.13. The van der Waals surface area contributed by atoms with Crippen molar-refractivity contribution in [1.29, 1.82) is 0 Å². The van der Waals surface area contributed by atoms with Gasteiger partial charge in [-0.15, -0.1) is 0 Å². The molecule has 0 saturated carbocycles. The van der Waals surface area contributed by atoms with Gasteiger partial charge < -0.3 is 5.73 Å². The molecule has 1 unspecified atom stereocenters. The second-order valence-corrected chi connectivity index (χ2v) is 4.80. The summed E-state index contributed by atoms with van der Waals surface area (Å²) in [5.74, 6) is -0.246. The number of nitrogens with two attached hydrogens (primary N) is 1. The third-order valence-corrected chi connectivity index (χ3v) is 3.87. The van der Waals surface area contributed by atoms with E-state index in [1.807, 2.05) is 25.1 Å². The van der Waals surface area contributed by atoms with Gasteiger partial charge in [0.15, 0.2) is 0 Å². The Hall–Kier alpha value is -1.19. The minimum atomic E-state index is -0.246.